The number of aromatic nitrogens is 2. The molecule has 138 valence electrons. The number of hydrogen-bond donors (Lipinski definition) is 2. The quantitative estimate of drug-likeness (QED) is 0.760. The second kappa shape index (κ2) is 8.05. The van der Waals surface area contributed by atoms with Gasteiger partial charge in [-0.15, -0.1) is 0 Å². The molecular formula is C17H29F2N3O2. The largest absolute Gasteiger partial charge is 0.392 e. The van der Waals surface area contributed by atoms with Crippen LogP contribution in [0.5, 0.6) is 0 Å². The Kier molecular flexibility index (Phi) is 6.89. The fourth-order valence-corrected chi connectivity index (χ4v) is 2.64. The first-order valence-corrected chi connectivity index (χ1v) is 8.27. The fraction of sp³-hybridized carbons (Fsp3) is 0.765. The summed E-state index contributed by atoms with van der Waals surface area (Å²) in [5, 5.41) is 16.8. The van der Waals surface area contributed by atoms with E-state index in [4.69, 9.17) is 0 Å². The van der Waals surface area contributed by atoms with E-state index in [0.29, 0.717) is 6.54 Å². The molecule has 0 aliphatic carbocycles. The molecule has 1 amide bonds. The summed E-state index contributed by atoms with van der Waals surface area (Å²) in [6, 6.07) is 0. The van der Waals surface area contributed by atoms with E-state index in [2.05, 4.69) is 10.4 Å². The van der Waals surface area contributed by atoms with Crippen LogP contribution in [0, 0.1) is 17.3 Å². The molecule has 5 nitrogen and oxygen atoms in total. The molecule has 0 saturated carbocycles. The van der Waals surface area contributed by atoms with Gasteiger partial charge < -0.3 is 10.4 Å². The van der Waals surface area contributed by atoms with Crippen LogP contribution < -0.4 is 5.32 Å². The number of carbonyl (C=O) groups is 1. The highest BCUT2D eigenvalue weighted by molar-refractivity contribution is 5.93. The number of hydrogen-bond acceptors (Lipinski definition) is 3. The maximum absolute atomic E-state index is 13.2. The van der Waals surface area contributed by atoms with Gasteiger partial charge in [0, 0.05) is 24.7 Å². The Bertz CT molecular complexity index is 554. The van der Waals surface area contributed by atoms with Gasteiger partial charge in [0.15, 0.2) is 5.69 Å². The van der Waals surface area contributed by atoms with Gasteiger partial charge in [0.2, 0.25) is 0 Å². The highest BCUT2D eigenvalue weighted by Crippen LogP contribution is 2.26. The summed E-state index contributed by atoms with van der Waals surface area (Å²) in [4.78, 5) is 12.3. The van der Waals surface area contributed by atoms with Crippen molar-refractivity contribution in [3.63, 3.8) is 0 Å². The van der Waals surface area contributed by atoms with Crippen molar-refractivity contribution in [2.75, 3.05) is 6.54 Å². The van der Waals surface area contributed by atoms with Gasteiger partial charge in [-0.1, -0.05) is 41.5 Å². The van der Waals surface area contributed by atoms with Crippen molar-refractivity contribution in [3.8, 4) is 0 Å². The van der Waals surface area contributed by atoms with Crippen LogP contribution in [0.25, 0.3) is 0 Å². The Balaban J connectivity index is 2.89. The van der Waals surface area contributed by atoms with Crippen LogP contribution in [-0.4, -0.2) is 33.4 Å². The predicted octanol–water partition coefficient (Wildman–Crippen LogP) is 3.25. The lowest BCUT2D eigenvalue weighted by molar-refractivity contribution is 0.0137. The van der Waals surface area contributed by atoms with Crippen LogP contribution in [0.2, 0.25) is 0 Å². The van der Waals surface area contributed by atoms with Crippen LogP contribution in [0.15, 0.2) is 6.20 Å². The minimum Gasteiger partial charge on any atom is -0.392 e. The number of nitrogens with one attached hydrogen (secondary N) is 1. The lowest BCUT2D eigenvalue weighted by Crippen LogP contribution is -2.43. The molecule has 7 heteroatoms. The number of halogens is 2. The van der Waals surface area contributed by atoms with Crippen molar-refractivity contribution >= 4 is 5.91 Å². The molecule has 0 spiro atoms. The summed E-state index contributed by atoms with van der Waals surface area (Å²) < 4.78 is 27.7. The van der Waals surface area contributed by atoms with Crippen molar-refractivity contribution in [2.24, 2.45) is 17.3 Å². The van der Waals surface area contributed by atoms with Gasteiger partial charge in [0.1, 0.15) is 0 Å². The van der Waals surface area contributed by atoms with Crippen molar-refractivity contribution in [3.05, 3.63) is 17.5 Å². The molecule has 1 atom stereocenters. The van der Waals surface area contributed by atoms with E-state index in [9.17, 15) is 18.7 Å². The number of rotatable bonds is 8. The van der Waals surface area contributed by atoms with Crippen molar-refractivity contribution in [2.45, 2.75) is 60.6 Å². The average Bonchev–Trinajstić information content (AvgIpc) is 2.87. The molecule has 0 aliphatic heterocycles. The third-order valence-electron chi connectivity index (χ3n) is 3.93. The maximum Gasteiger partial charge on any atom is 0.272 e. The Hall–Kier alpha value is -1.50. The SMILES string of the molecule is CC(C)Cn1cc(C(F)F)c(C(=O)NCC(C)(C)C(O)C(C)C)n1. The van der Waals surface area contributed by atoms with E-state index in [0.717, 1.165) is 0 Å². The Labute approximate surface area is 142 Å². The zero-order chi connectivity index (χ0) is 18.7. The number of alkyl halides is 2. The Morgan fingerprint density at radius 1 is 1.33 bits per heavy atom. The summed E-state index contributed by atoms with van der Waals surface area (Å²) in [7, 11) is 0. The second-order valence-electron chi connectivity index (χ2n) is 7.71. The molecule has 0 radical (unpaired) electrons. The van der Waals surface area contributed by atoms with Crippen LogP contribution in [0.4, 0.5) is 8.78 Å². The lowest BCUT2D eigenvalue weighted by atomic mass is 9.80. The van der Waals surface area contributed by atoms with Gasteiger partial charge in [-0.05, 0) is 11.8 Å². The molecule has 1 unspecified atom stereocenters. The molecule has 0 aromatic carbocycles. The van der Waals surface area contributed by atoms with Gasteiger partial charge in [0.25, 0.3) is 12.3 Å². The van der Waals surface area contributed by atoms with Crippen molar-refractivity contribution in [1.82, 2.24) is 15.1 Å². The topological polar surface area (TPSA) is 67.2 Å². The normalized spacial score (nSPS) is 13.8. The lowest BCUT2D eigenvalue weighted by Gasteiger charge is -2.33. The first-order chi connectivity index (χ1) is 11.0. The molecule has 0 saturated heterocycles. The van der Waals surface area contributed by atoms with Crippen molar-refractivity contribution in [1.29, 1.82) is 0 Å². The predicted molar refractivity (Wildman–Crippen MR) is 89.0 cm³/mol. The third-order valence-corrected chi connectivity index (χ3v) is 3.93. The van der Waals surface area contributed by atoms with Crippen LogP contribution >= 0.6 is 0 Å². The molecule has 1 heterocycles. The molecule has 0 aliphatic rings. The molecule has 1 rings (SSSR count). The summed E-state index contributed by atoms with van der Waals surface area (Å²) in [6.45, 7) is 11.9. The first kappa shape index (κ1) is 20.5. The monoisotopic (exact) mass is 345 g/mol. The second-order valence-corrected chi connectivity index (χ2v) is 7.71. The van der Waals surface area contributed by atoms with Gasteiger partial charge in [-0.2, -0.15) is 5.10 Å². The summed E-state index contributed by atoms with van der Waals surface area (Å²) in [5.41, 5.74) is -1.19. The van der Waals surface area contributed by atoms with E-state index in [1.54, 1.807) is 0 Å². The van der Waals surface area contributed by atoms with Crippen LogP contribution in [0.3, 0.4) is 0 Å². The van der Waals surface area contributed by atoms with Crippen molar-refractivity contribution < 1.29 is 18.7 Å². The summed E-state index contributed by atoms with van der Waals surface area (Å²) in [6.07, 6.45) is -2.15. The van der Waals surface area contributed by atoms with E-state index in [1.165, 1.54) is 10.9 Å². The molecule has 0 bridgehead atoms. The minimum absolute atomic E-state index is 0.0266. The first-order valence-electron chi connectivity index (χ1n) is 8.27. The Morgan fingerprint density at radius 2 is 1.92 bits per heavy atom. The van der Waals surface area contributed by atoms with Gasteiger partial charge >= 0.3 is 0 Å². The number of carbonyl (C=O) groups excluding carboxylic acids is 1. The molecular weight excluding hydrogens is 316 g/mol. The molecule has 1 aromatic rings. The van der Waals surface area contributed by atoms with E-state index < -0.39 is 23.9 Å². The maximum atomic E-state index is 13.2. The summed E-state index contributed by atoms with van der Waals surface area (Å²) in [5.74, 6) is -0.387. The highest BCUT2D eigenvalue weighted by atomic mass is 19.3. The summed E-state index contributed by atoms with van der Waals surface area (Å²) >= 11 is 0. The zero-order valence-corrected chi connectivity index (χ0v) is 15.3. The van der Waals surface area contributed by atoms with Gasteiger partial charge in [-0.25, -0.2) is 8.78 Å². The smallest absolute Gasteiger partial charge is 0.272 e. The molecule has 1 aromatic heterocycles. The minimum atomic E-state index is -2.76. The van der Waals surface area contributed by atoms with Crippen LogP contribution in [-0.2, 0) is 6.54 Å². The molecule has 2 N–H and O–H groups in total. The fourth-order valence-electron chi connectivity index (χ4n) is 2.64. The highest BCUT2D eigenvalue weighted by Gasteiger charge is 2.31. The Morgan fingerprint density at radius 3 is 2.38 bits per heavy atom. The number of amides is 1. The van der Waals surface area contributed by atoms with E-state index in [-0.39, 0.29) is 29.6 Å². The zero-order valence-electron chi connectivity index (χ0n) is 15.3. The van der Waals surface area contributed by atoms with E-state index in [1.807, 2.05) is 41.5 Å². The number of aliphatic hydroxyl groups is 1. The standard InChI is InChI=1S/C17H29F2N3O2/c1-10(2)7-22-8-12(15(18)19)13(21-22)16(24)20-9-17(5,6)14(23)11(3)4/h8,10-11,14-15,23H,7,9H2,1-6H3,(H,20,24). The average molecular weight is 345 g/mol. The van der Waals surface area contributed by atoms with Gasteiger partial charge in [-0.3, -0.25) is 9.48 Å². The van der Waals surface area contributed by atoms with Crippen LogP contribution in [0.1, 0.15) is 64.0 Å². The third kappa shape index (κ3) is 5.26. The number of nitrogens with zero attached hydrogens (tertiary/aromatic N) is 2. The molecule has 24 heavy (non-hydrogen) atoms. The molecule has 0 fully saturated rings. The number of aliphatic hydroxyl groups excluding tert-OH is 1. The van der Waals surface area contributed by atoms with Gasteiger partial charge in [0.05, 0.1) is 11.7 Å². The van der Waals surface area contributed by atoms with E-state index >= 15 is 0 Å².